The summed E-state index contributed by atoms with van der Waals surface area (Å²) in [5.74, 6) is 1.27. The van der Waals surface area contributed by atoms with E-state index in [0.29, 0.717) is 24.5 Å². The molecule has 0 radical (unpaired) electrons. The summed E-state index contributed by atoms with van der Waals surface area (Å²) < 4.78 is 13.1. The Morgan fingerprint density at radius 2 is 1.69 bits per heavy atom. The van der Waals surface area contributed by atoms with E-state index >= 15 is 0 Å². The van der Waals surface area contributed by atoms with Crippen molar-refractivity contribution in [2.24, 2.45) is 0 Å². The summed E-state index contributed by atoms with van der Waals surface area (Å²) in [6, 6.07) is 20.2. The molecule has 0 saturated carbocycles. The van der Waals surface area contributed by atoms with Crippen molar-refractivity contribution in [2.45, 2.75) is 39.7 Å². The molecule has 0 aliphatic heterocycles. The molecular weight excluding hydrogens is 403 g/mol. The number of carbonyl (C=O) groups is 1. The van der Waals surface area contributed by atoms with Crippen LogP contribution in [0.2, 0.25) is 0 Å². The van der Waals surface area contributed by atoms with Crippen molar-refractivity contribution in [1.82, 2.24) is 4.98 Å². The molecule has 0 saturated heterocycles. The van der Waals surface area contributed by atoms with Crippen LogP contribution in [0.1, 0.15) is 44.2 Å². The SMILES string of the molecule is CCN(CC)c1nc(NCc2ccc(F)cc2)ccc1NC(=O)CC(C)c1ccccc1. The second-order valence-corrected chi connectivity index (χ2v) is 7.78. The first-order valence-corrected chi connectivity index (χ1v) is 11.1. The van der Waals surface area contributed by atoms with E-state index in [1.54, 1.807) is 12.1 Å². The molecule has 5 nitrogen and oxygen atoms in total. The van der Waals surface area contributed by atoms with Crippen LogP contribution in [0.3, 0.4) is 0 Å². The van der Waals surface area contributed by atoms with Crippen molar-refractivity contribution in [3.05, 3.63) is 83.7 Å². The normalized spacial score (nSPS) is 11.6. The molecule has 1 aromatic heterocycles. The van der Waals surface area contributed by atoms with Crippen LogP contribution in [0.25, 0.3) is 0 Å². The number of halogens is 1. The minimum absolute atomic E-state index is 0.0384. The third-order valence-corrected chi connectivity index (χ3v) is 5.46. The average molecular weight is 435 g/mol. The van der Waals surface area contributed by atoms with Gasteiger partial charge in [-0.05, 0) is 55.2 Å². The topological polar surface area (TPSA) is 57.3 Å². The highest BCUT2D eigenvalue weighted by Crippen LogP contribution is 2.27. The minimum Gasteiger partial charge on any atom is -0.366 e. The van der Waals surface area contributed by atoms with E-state index in [2.05, 4.69) is 36.3 Å². The van der Waals surface area contributed by atoms with E-state index in [1.165, 1.54) is 12.1 Å². The molecule has 1 heterocycles. The summed E-state index contributed by atoms with van der Waals surface area (Å²) in [6.07, 6.45) is 0.395. The number of nitrogens with zero attached hydrogens (tertiary/aromatic N) is 2. The summed E-state index contributed by atoms with van der Waals surface area (Å²) in [7, 11) is 0. The zero-order valence-electron chi connectivity index (χ0n) is 18.9. The molecule has 2 aromatic carbocycles. The predicted molar refractivity (Wildman–Crippen MR) is 130 cm³/mol. The van der Waals surface area contributed by atoms with Crippen LogP contribution in [-0.4, -0.2) is 24.0 Å². The number of benzene rings is 2. The lowest BCUT2D eigenvalue weighted by Crippen LogP contribution is -2.26. The molecule has 0 spiro atoms. The molecule has 3 rings (SSSR count). The quantitative estimate of drug-likeness (QED) is 0.423. The molecule has 0 fully saturated rings. The van der Waals surface area contributed by atoms with Gasteiger partial charge in [-0.25, -0.2) is 9.37 Å². The van der Waals surface area contributed by atoms with Gasteiger partial charge in [0.05, 0.1) is 5.69 Å². The molecular formula is C26H31FN4O. The fraction of sp³-hybridized carbons (Fsp3) is 0.308. The number of carbonyl (C=O) groups excluding carboxylic acids is 1. The van der Waals surface area contributed by atoms with E-state index in [1.807, 2.05) is 42.5 Å². The van der Waals surface area contributed by atoms with Crippen LogP contribution in [0.5, 0.6) is 0 Å². The van der Waals surface area contributed by atoms with Crippen molar-refractivity contribution < 1.29 is 9.18 Å². The molecule has 0 aliphatic rings. The van der Waals surface area contributed by atoms with E-state index in [4.69, 9.17) is 4.98 Å². The maximum atomic E-state index is 13.1. The lowest BCUT2D eigenvalue weighted by atomic mass is 9.97. The van der Waals surface area contributed by atoms with Crippen LogP contribution in [0, 0.1) is 5.82 Å². The second-order valence-electron chi connectivity index (χ2n) is 7.78. The summed E-state index contributed by atoms with van der Waals surface area (Å²) in [6.45, 7) is 8.26. The molecule has 1 amide bonds. The summed E-state index contributed by atoms with van der Waals surface area (Å²) >= 11 is 0. The van der Waals surface area contributed by atoms with Crippen LogP contribution in [0.4, 0.5) is 21.7 Å². The molecule has 6 heteroatoms. The number of amides is 1. The van der Waals surface area contributed by atoms with Gasteiger partial charge in [-0.1, -0.05) is 49.4 Å². The predicted octanol–water partition coefficient (Wildman–Crippen LogP) is 5.81. The van der Waals surface area contributed by atoms with Gasteiger partial charge in [0.2, 0.25) is 5.91 Å². The Labute approximate surface area is 189 Å². The van der Waals surface area contributed by atoms with Crippen LogP contribution < -0.4 is 15.5 Å². The number of pyridine rings is 1. The Morgan fingerprint density at radius 3 is 2.34 bits per heavy atom. The Bertz CT molecular complexity index is 1000. The van der Waals surface area contributed by atoms with Gasteiger partial charge in [-0.15, -0.1) is 0 Å². The molecule has 0 bridgehead atoms. The van der Waals surface area contributed by atoms with Crippen molar-refractivity contribution in [1.29, 1.82) is 0 Å². The summed E-state index contributed by atoms with van der Waals surface area (Å²) in [5, 5.41) is 6.34. The Balaban J connectivity index is 1.72. The van der Waals surface area contributed by atoms with E-state index in [-0.39, 0.29) is 17.6 Å². The molecule has 1 unspecified atom stereocenters. The Hall–Kier alpha value is -3.41. The molecule has 168 valence electrons. The monoisotopic (exact) mass is 434 g/mol. The van der Waals surface area contributed by atoms with Gasteiger partial charge in [0.15, 0.2) is 5.82 Å². The van der Waals surface area contributed by atoms with Gasteiger partial charge in [0, 0.05) is 26.1 Å². The Kier molecular flexibility index (Phi) is 8.20. The Morgan fingerprint density at radius 1 is 1.00 bits per heavy atom. The molecule has 3 aromatic rings. The number of nitrogens with one attached hydrogen (secondary N) is 2. The number of hydrogen-bond donors (Lipinski definition) is 2. The molecule has 2 N–H and O–H groups in total. The smallest absolute Gasteiger partial charge is 0.225 e. The summed E-state index contributed by atoms with van der Waals surface area (Å²) in [4.78, 5) is 19.6. The molecule has 1 atom stereocenters. The van der Waals surface area contributed by atoms with Crippen molar-refractivity contribution in [3.8, 4) is 0 Å². The van der Waals surface area contributed by atoms with Crippen LogP contribution >= 0.6 is 0 Å². The third-order valence-electron chi connectivity index (χ3n) is 5.46. The number of anilines is 3. The molecule has 32 heavy (non-hydrogen) atoms. The maximum Gasteiger partial charge on any atom is 0.225 e. The van der Waals surface area contributed by atoms with Crippen LogP contribution in [0.15, 0.2) is 66.7 Å². The standard InChI is InChI=1S/C26H31FN4O/c1-4-31(5-2)26-23(29-25(32)17-19(3)21-9-7-6-8-10-21)15-16-24(30-26)28-18-20-11-13-22(27)14-12-20/h6-16,19H,4-5,17-18H2,1-3H3,(H,28,30)(H,29,32). The van der Waals surface area contributed by atoms with Crippen molar-refractivity contribution in [3.63, 3.8) is 0 Å². The lowest BCUT2D eigenvalue weighted by Gasteiger charge is -2.24. The van der Waals surface area contributed by atoms with Gasteiger partial charge in [0.1, 0.15) is 11.6 Å². The van der Waals surface area contributed by atoms with E-state index in [0.717, 1.165) is 30.0 Å². The third kappa shape index (κ3) is 6.30. The van der Waals surface area contributed by atoms with Gasteiger partial charge < -0.3 is 15.5 Å². The molecule has 0 aliphatic carbocycles. The summed E-state index contributed by atoms with van der Waals surface area (Å²) in [5.41, 5.74) is 2.81. The highest BCUT2D eigenvalue weighted by molar-refractivity contribution is 5.94. The first-order valence-electron chi connectivity index (χ1n) is 11.1. The van der Waals surface area contributed by atoms with Gasteiger partial charge in [-0.3, -0.25) is 4.79 Å². The van der Waals surface area contributed by atoms with E-state index in [9.17, 15) is 9.18 Å². The number of rotatable bonds is 10. The first kappa shape index (κ1) is 23.3. The van der Waals surface area contributed by atoms with Gasteiger partial charge in [0.25, 0.3) is 0 Å². The maximum absolute atomic E-state index is 13.1. The van der Waals surface area contributed by atoms with Crippen LogP contribution in [-0.2, 0) is 11.3 Å². The zero-order chi connectivity index (χ0) is 22.9. The van der Waals surface area contributed by atoms with E-state index < -0.39 is 0 Å². The minimum atomic E-state index is -0.252. The van der Waals surface area contributed by atoms with Gasteiger partial charge in [-0.2, -0.15) is 0 Å². The lowest BCUT2D eigenvalue weighted by molar-refractivity contribution is -0.116. The number of aromatic nitrogens is 1. The fourth-order valence-corrected chi connectivity index (χ4v) is 3.58. The van der Waals surface area contributed by atoms with Gasteiger partial charge >= 0.3 is 0 Å². The fourth-order valence-electron chi connectivity index (χ4n) is 3.58. The highest BCUT2D eigenvalue weighted by atomic mass is 19.1. The first-order chi connectivity index (χ1) is 15.5. The zero-order valence-corrected chi connectivity index (χ0v) is 18.9. The average Bonchev–Trinajstić information content (AvgIpc) is 2.81. The second kappa shape index (κ2) is 11.3. The van der Waals surface area contributed by atoms with Crippen molar-refractivity contribution >= 4 is 23.2 Å². The number of hydrogen-bond acceptors (Lipinski definition) is 4. The van der Waals surface area contributed by atoms with Crippen molar-refractivity contribution in [2.75, 3.05) is 28.6 Å². The highest BCUT2D eigenvalue weighted by Gasteiger charge is 2.16. The largest absolute Gasteiger partial charge is 0.366 e.